The Labute approximate surface area is 208 Å². The maximum absolute atomic E-state index is 14.0. The minimum Gasteiger partial charge on any atom is -0.339 e. The lowest BCUT2D eigenvalue weighted by molar-refractivity contribution is -0.121. The summed E-state index contributed by atoms with van der Waals surface area (Å²) < 4.78 is 29.4. The second-order valence-electron chi connectivity index (χ2n) is 9.61. The Morgan fingerprint density at radius 1 is 0.972 bits per heavy atom. The minimum absolute atomic E-state index is 0.101. The van der Waals surface area contributed by atoms with Crippen molar-refractivity contribution in [1.82, 2.24) is 19.7 Å². The highest BCUT2D eigenvalue weighted by atomic mass is 19.1. The summed E-state index contributed by atoms with van der Waals surface area (Å²) in [4.78, 5) is 27.3. The molecular formula is C27H29F2N5O2. The molecule has 0 radical (unpaired) electrons. The SMILES string of the molecule is Cc1ccc(-c2nnc3n2CCCCC3)cc1NC(=O)C1CCN(C(=O)c2ccc(F)cc2F)CC1. The van der Waals surface area contributed by atoms with Crippen LogP contribution in [0, 0.1) is 24.5 Å². The van der Waals surface area contributed by atoms with Crippen molar-refractivity contribution in [3.63, 3.8) is 0 Å². The van der Waals surface area contributed by atoms with Gasteiger partial charge in [0.15, 0.2) is 5.82 Å². The van der Waals surface area contributed by atoms with Crippen LogP contribution in [0.1, 0.15) is 53.8 Å². The highest BCUT2D eigenvalue weighted by molar-refractivity contribution is 5.96. The van der Waals surface area contributed by atoms with Gasteiger partial charge in [-0.3, -0.25) is 9.59 Å². The molecule has 3 aromatic rings. The van der Waals surface area contributed by atoms with Crippen LogP contribution >= 0.6 is 0 Å². The number of nitrogens with zero attached hydrogens (tertiary/aromatic N) is 4. The average Bonchev–Trinajstić information content (AvgIpc) is 3.13. The number of anilines is 1. The monoisotopic (exact) mass is 493 g/mol. The summed E-state index contributed by atoms with van der Waals surface area (Å²) in [5.74, 6) is -0.618. The third-order valence-corrected chi connectivity index (χ3v) is 7.18. The standard InChI is InChI=1S/C27H29F2N5O2/c1-17-6-7-19(25-32-31-24-5-3-2-4-12-34(24)25)15-23(17)30-26(35)18-10-13-33(14-11-18)27(36)21-9-8-20(28)16-22(21)29/h6-9,15-16,18H,2-5,10-14H2,1H3,(H,30,35). The van der Waals surface area contributed by atoms with E-state index in [0.717, 1.165) is 66.4 Å². The van der Waals surface area contributed by atoms with Gasteiger partial charge in [-0.15, -0.1) is 10.2 Å². The zero-order valence-electron chi connectivity index (χ0n) is 20.3. The van der Waals surface area contributed by atoms with E-state index in [-0.39, 0.29) is 17.4 Å². The number of amides is 2. The van der Waals surface area contributed by atoms with E-state index in [1.54, 1.807) is 0 Å². The molecule has 0 aliphatic carbocycles. The van der Waals surface area contributed by atoms with E-state index in [0.29, 0.717) is 32.0 Å². The van der Waals surface area contributed by atoms with E-state index >= 15 is 0 Å². The van der Waals surface area contributed by atoms with E-state index in [2.05, 4.69) is 20.1 Å². The molecule has 0 bridgehead atoms. The lowest BCUT2D eigenvalue weighted by atomic mass is 9.95. The minimum atomic E-state index is -0.875. The third kappa shape index (κ3) is 4.87. The Hall–Kier alpha value is -3.62. The van der Waals surface area contributed by atoms with E-state index < -0.39 is 17.5 Å². The van der Waals surface area contributed by atoms with Crippen LogP contribution in [0.4, 0.5) is 14.5 Å². The summed E-state index contributed by atoms with van der Waals surface area (Å²) in [5.41, 5.74) is 2.44. The van der Waals surface area contributed by atoms with Crippen LogP contribution in [0.25, 0.3) is 11.4 Å². The molecule has 2 amide bonds. The van der Waals surface area contributed by atoms with Crippen LogP contribution in [0.3, 0.4) is 0 Å². The summed E-state index contributed by atoms with van der Waals surface area (Å²) >= 11 is 0. The van der Waals surface area contributed by atoms with Crippen LogP contribution < -0.4 is 5.32 Å². The molecule has 188 valence electrons. The van der Waals surface area contributed by atoms with Gasteiger partial charge < -0.3 is 14.8 Å². The number of rotatable bonds is 4. The number of aryl methyl sites for hydroxylation is 2. The second-order valence-corrected chi connectivity index (χ2v) is 9.61. The fourth-order valence-electron chi connectivity index (χ4n) is 5.01. The average molecular weight is 494 g/mol. The van der Waals surface area contributed by atoms with Crippen LogP contribution in [-0.4, -0.2) is 44.6 Å². The number of halogens is 2. The lowest BCUT2D eigenvalue weighted by Gasteiger charge is -2.31. The van der Waals surface area contributed by atoms with Gasteiger partial charge >= 0.3 is 0 Å². The first-order valence-electron chi connectivity index (χ1n) is 12.5. The number of aromatic nitrogens is 3. The predicted octanol–water partition coefficient (Wildman–Crippen LogP) is 4.75. The smallest absolute Gasteiger partial charge is 0.256 e. The Morgan fingerprint density at radius 2 is 1.78 bits per heavy atom. The van der Waals surface area contributed by atoms with Gasteiger partial charge in [0.2, 0.25) is 5.91 Å². The molecule has 1 N–H and O–H groups in total. The molecule has 2 aliphatic heterocycles. The van der Waals surface area contributed by atoms with Crippen LogP contribution in [-0.2, 0) is 17.8 Å². The van der Waals surface area contributed by atoms with Crippen molar-refractivity contribution < 1.29 is 18.4 Å². The Kier molecular flexibility index (Phi) is 6.80. The highest BCUT2D eigenvalue weighted by Gasteiger charge is 2.29. The van der Waals surface area contributed by atoms with Crippen molar-refractivity contribution in [3.05, 3.63) is 65.0 Å². The zero-order chi connectivity index (χ0) is 25.2. The molecule has 0 unspecified atom stereocenters. The molecule has 2 aliphatic rings. The predicted molar refractivity (Wildman–Crippen MR) is 131 cm³/mol. The van der Waals surface area contributed by atoms with Crippen molar-refractivity contribution in [2.24, 2.45) is 5.92 Å². The zero-order valence-corrected chi connectivity index (χ0v) is 20.3. The number of likely N-dealkylation sites (tertiary alicyclic amines) is 1. The van der Waals surface area contributed by atoms with Gasteiger partial charge in [0.1, 0.15) is 17.5 Å². The van der Waals surface area contributed by atoms with E-state index in [1.807, 2.05) is 25.1 Å². The second kappa shape index (κ2) is 10.2. The fraction of sp³-hybridized carbons (Fsp3) is 0.407. The Morgan fingerprint density at radius 3 is 2.56 bits per heavy atom. The van der Waals surface area contributed by atoms with Crippen LogP contribution in [0.5, 0.6) is 0 Å². The van der Waals surface area contributed by atoms with Gasteiger partial charge in [-0.1, -0.05) is 18.6 Å². The molecule has 36 heavy (non-hydrogen) atoms. The van der Waals surface area contributed by atoms with Gasteiger partial charge in [0.25, 0.3) is 5.91 Å². The quantitative estimate of drug-likeness (QED) is 0.569. The normalized spacial score (nSPS) is 16.4. The maximum atomic E-state index is 14.0. The molecule has 3 heterocycles. The first-order valence-corrected chi connectivity index (χ1v) is 12.5. The van der Waals surface area contributed by atoms with Gasteiger partial charge in [-0.25, -0.2) is 8.78 Å². The van der Waals surface area contributed by atoms with Gasteiger partial charge in [-0.05, 0) is 56.4 Å². The summed E-state index contributed by atoms with van der Waals surface area (Å²) in [6.45, 7) is 3.51. The molecule has 5 rings (SSSR count). The number of carbonyl (C=O) groups is 2. The van der Waals surface area contributed by atoms with Crippen LogP contribution in [0.15, 0.2) is 36.4 Å². The largest absolute Gasteiger partial charge is 0.339 e. The fourth-order valence-corrected chi connectivity index (χ4v) is 5.01. The number of carbonyl (C=O) groups excluding carboxylic acids is 2. The molecule has 1 fully saturated rings. The van der Waals surface area contributed by atoms with Gasteiger partial charge in [0, 0.05) is 49.3 Å². The van der Waals surface area contributed by atoms with Gasteiger partial charge in [-0.2, -0.15) is 0 Å². The van der Waals surface area contributed by atoms with Crippen molar-refractivity contribution in [1.29, 1.82) is 0 Å². The molecule has 7 nitrogen and oxygen atoms in total. The van der Waals surface area contributed by atoms with E-state index in [9.17, 15) is 18.4 Å². The van der Waals surface area contributed by atoms with Crippen molar-refractivity contribution >= 4 is 17.5 Å². The maximum Gasteiger partial charge on any atom is 0.256 e. The summed E-state index contributed by atoms with van der Waals surface area (Å²) in [5, 5.41) is 11.9. The number of benzene rings is 2. The lowest BCUT2D eigenvalue weighted by Crippen LogP contribution is -2.41. The number of nitrogens with one attached hydrogen (secondary N) is 1. The number of fused-ring (bicyclic) bond motifs is 1. The molecule has 1 aromatic heterocycles. The molecular weight excluding hydrogens is 464 g/mol. The first-order chi connectivity index (χ1) is 17.4. The van der Waals surface area contributed by atoms with Crippen LogP contribution in [0.2, 0.25) is 0 Å². The van der Waals surface area contributed by atoms with Gasteiger partial charge in [0.05, 0.1) is 5.56 Å². The highest BCUT2D eigenvalue weighted by Crippen LogP contribution is 2.28. The summed E-state index contributed by atoms with van der Waals surface area (Å²) in [7, 11) is 0. The topological polar surface area (TPSA) is 80.1 Å². The molecule has 0 saturated carbocycles. The molecule has 1 saturated heterocycles. The number of hydrogen-bond donors (Lipinski definition) is 1. The number of hydrogen-bond acceptors (Lipinski definition) is 4. The van der Waals surface area contributed by atoms with Crippen molar-refractivity contribution in [2.45, 2.75) is 52.0 Å². The summed E-state index contributed by atoms with van der Waals surface area (Å²) in [6, 6.07) is 8.87. The molecule has 2 aromatic carbocycles. The Balaban J connectivity index is 1.24. The molecule has 9 heteroatoms. The molecule has 0 atom stereocenters. The summed E-state index contributed by atoms with van der Waals surface area (Å²) in [6.07, 6.45) is 5.27. The van der Waals surface area contributed by atoms with E-state index in [1.165, 1.54) is 11.3 Å². The molecule has 0 spiro atoms. The van der Waals surface area contributed by atoms with Crippen molar-refractivity contribution in [2.75, 3.05) is 18.4 Å². The first kappa shape index (κ1) is 24.1. The third-order valence-electron chi connectivity index (χ3n) is 7.18. The Bertz CT molecular complexity index is 1300. The van der Waals surface area contributed by atoms with E-state index in [4.69, 9.17) is 0 Å². The number of piperidine rings is 1. The van der Waals surface area contributed by atoms with Crippen molar-refractivity contribution in [3.8, 4) is 11.4 Å².